The molecule has 23 heavy (non-hydrogen) atoms. The van der Waals surface area contributed by atoms with E-state index in [1.807, 2.05) is 55.5 Å². The summed E-state index contributed by atoms with van der Waals surface area (Å²) in [5.74, 6) is -0.461. The highest BCUT2D eigenvalue weighted by atomic mass is 16.2. The molecule has 0 radical (unpaired) electrons. The van der Waals surface area contributed by atoms with Crippen molar-refractivity contribution in [3.8, 4) is 11.1 Å². The molecule has 1 heterocycles. The minimum Gasteiger partial charge on any atom is -0.225 e. The third-order valence-corrected chi connectivity index (χ3v) is 4.31. The van der Waals surface area contributed by atoms with Crippen LogP contribution >= 0.6 is 0 Å². The Kier molecular flexibility index (Phi) is 3.58. The maximum atomic E-state index is 12.4. The summed E-state index contributed by atoms with van der Waals surface area (Å²) in [6.45, 7) is 5.87. The van der Waals surface area contributed by atoms with Gasteiger partial charge >= 0.3 is 11.8 Å². The first kappa shape index (κ1) is 15.1. The summed E-state index contributed by atoms with van der Waals surface area (Å²) in [7, 11) is 1.65. The lowest BCUT2D eigenvalue weighted by molar-refractivity contribution is -0.134. The molecule has 2 amide bonds. The number of nitrogens with zero attached hydrogens (tertiary/aromatic N) is 1. The van der Waals surface area contributed by atoms with Crippen LogP contribution in [-0.2, 0) is 9.59 Å². The van der Waals surface area contributed by atoms with Crippen LogP contribution < -0.4 is 4.48 Å². The lowest BCUT2D eigenvalue weighted by atomic mass is 9.97. The van der Waals surface area contributed by atoms with E-state index in [1.54, 1.807) is 7.05 Å². The first-order chi connectivity index (χ1) is 10.9. The van der Waals surface area contributed by atoms with Gasteiger partial charge in [-0.1, -0.05) is 48.6 Å². The van der Waals surface area contributed by atoms with Crippen molar-refractivity contribution in [1.29, 1.82) is 0 Å². The van der Waals surface area contributed by atoms with Crippen LogP contribution in [0.2, 0.25) is 0 Å². The van der Waals surface area contributed by atoms with Crippen molar-refractivity contribution < 1.29 is 9.59 Å². The van der Waals surface area contributed by atoms with Gasteiger partial charge < -0.3 is 0 Å². The molecule has 1 aliphatic rings. The van der Waals surface area contributed by atoms with Crippen molar-refractivity contribution in [3.63, 3.8) is 0 Å². The van der Waals surface area contributed by atoms with Crippen LogP contribution in [0, 0.1) is 0 Å². The molecule has 114 valence electrons. The number of quaternary nitrogens is 1. The third-order valence-electron chi connectivity index (χ3n) is 4.31. The Morgan fingerprint density at radius 1 is 0.957 bits per heavy atom. The standard InChI is InChI=1S/C20H18NO2/c1-14(2)16-9-10-17(15-7-5-4-6-8-15)18(13-16)21(3)19(22)11-12-20(21)23/h4-13H,1H2,2-3H3/q+1. The first-order valence-electron chi connectivity index (χ1n) is 7.44. The molecule has 0 saturated carbocycles. The predicted molar refractivity (Wildman–Crippen MR) is 93.5 cm³/mol. The molecular weight excluding hydrogens is 286 g/mol. The molecule has 0 fully saturated rings. The second-order valence-corrected chi connectivity index (χ2v) is 5.89. The fourth-order valence-electron chi connectivity index (χ4n) is 2.82. The molecule has 0 atom stereocenters. The van der Waals surface area contributed by atoms with E-state index < -0.39 is 0 Å². The lowest BCUT2D eigenvalue weighted by Crippen LogP contribution is -2.50. The minimum absolute atomic E-state index is 0.231. The second-order valence-electron chi connectivity index (χ2n) is 5.89. The summed E-state index contributed by atoms with van der Waals surface area (Å²) < 4.78 is -0.370. The molecule has 3 nitrogen and oxygen atoms in total. The van der Waals surface area contributed by atoms with E-state index in [0.29, 0.717) is 5.69 Å². The average molecular weight is 304 g/mol. The summed E-state index contributed by atoms with van der Waals surface area (Å²) in [4.78, 5) is 24.8. The van der Waals surface area contributed by atoms with Crippen LogP contribution in [-0.4, -0.2) is 18.9 Å². The van der Waals surface area contributed by atoms with E-state index in [2.05, 4.69) is 6.58 Å². The number of benzene rings is 2. The number of hydrogen-bond donors (Lipinski definition) is 0. The van der Waals surface area contributed by atoms with Crippen LogP contribution in [0.5, 0.6) is 0 Å². The van der Waals surface area contributed by atoms with E-state index in [4.69, 9.17) is 0 Å². The van der Waals surface area contributed by atoms with Crippen LogP contribution in [0.3, 0.4) is 0 Å². The first-order valence-corrected chi connectivity index (χ1v) is 7.44. The molecule has 0 N–H and O–H groups in total. The highest BCUT2D eigenvalue weighted by Crippen LogP contribution is 2.38. The van der Waals surface area contributed by atoms with Crippen molar-refractivity contribution in [2.45, 2.75) is 6.92 Å². The second kappa shape index (κ2) is 5.45. The maximum absolute atomic E-state index is 12.4. The number of rotatable bonds is 3. The Labute approximate surface area is 135 Å². The Balaban J connectivity index is 2.29. The topological polar surface area (TPSA) is 34.1 Å². The summed E-state index contributed by atoms with van der Waals surface area (Å²) in [5, 5.41) is 0. The van der Waals surface area contributed by atoms with E-state index in [1.165, 1.54) is 12.2 Å². The summed E-state index contributed by atoms with van der Waals surface area (Å²) in [5.41, 5.74) is 4.35. The third kappa shape index (κ3) is 2.35. The molecule has 0 aromatic heterocycles. The molecule has 2 aromatic rings. The van der Waals surface area contributed by atoms with Crippen LogP contribution in [0.4, 0.5) is 5.69 Å². The summed E-state index contributed by atoms with van der Waals surface area (Å²) >= 11 is 0. The molecular formula is C20H18NO2+. The van der Waals surface area contributed by atoms with Gasteiger partial charge in [0, 0.05) is 11.6 Å². The SMILES string of the molecule is C=C(C)c1ccc(-c2ccccc2)c([N+]2(C)C(=O)C=CC2=O)c1. The molecule has 0 unspecified atom stereocenters. The zero-order chi connectivity index (χ0) is 16.6. The van der Waals surface area contributed by atoms with Crippen LogP contribution in [0.1, 0.15) is 12.5 Å². The van der Waals surface area contributed by atoms with Crippen molar-refractivity contribution in [2.75, 3.05) is 7.05 Å². The highest BCUT2D eigenvalue weighted by molar-refractivity contribution is 6.23. The monoisotopic (exact) mass is 304 g/mol. The zero-order valence-electron chi connectivity index (χ0n) is 13.2. The van der Waals surface area contributed by atoms with Crippen molar-refractivity contribution >= 4 is 23.1 Å². The Hall–Kier alpha value is -2.78. The molecule has 2 aromatic carbocycles. The van der Waals surface area contributed by atoms with Crippen LogP contribution in [0.15, 0.2) is 67.3 Å². The van der Waals surface area contributed by atoms with Gasteiger partial charge in [-0.15, -0.1) is 0 Å². The smallest absolute Gasteiger partial charge is 0.225 e. The molecule has 3 heteroatoms. The quantitative estimate of drug-likeness (QED) is 0.635. The zero-order valence-corrected chi connectivity index (χ0v) is 13.2. The van der Waals surface area contributed by atoms with Gasteiger partial charge in [0.2, 0.25) is 0 Å². The molecule has 0 aliphatic carbocycles. The van der Waals surface area contributed by atoms with E-state index in [0.717, 1.165) is 22.3 Å². The number of likely N-dealkylation sites (N-methyl/N-ethyl adjacent to an activating group) is 1. The van der Waals surface area contributed by atoms with E-state index >= 15 is 0 Å². The number of carbonyl (C=O) groups excluding carboxylic acids is 2. The number of imide groups is 1. The van der Waals surface area contributed by atoms with Gasteiger partial charge in [0.1, 0.15) is 0 Å². The van der Waals surface area contributed by atoms with Crippen LogP contribution in [0.25, 0.3) is 16.7 Å². The molecule has 0 saturated heterocycles. The normalized spacial score (nSPS) is 15.9. The lowest BCUT2D eigenvalue weighted by Gasteiger charge is -2.26. The van der Waals surface area contributed by atoms with Gasteiger partial charge in [0.05, 0.1) is 19.2 Å². The largest absolute Gasteiger partial charge is 0.351 e. The molecule has 1 aliphatic heterocycles. The van der Waals surface area contributed by atoms with Gasteiger partial charge in [-0.05, 0) is 24.1 Å². The molecule has 0 bridgehead atoms. The Bertz CT molecular complexity index is 829. The number of carbonyl (C=O) groups is 2. The molecule has 0 spiro atoms. The van der Waals surface area contributed by atoms with Gasteiger partial charge in [0.15, 0.2) is 5.69 Å². The van der Waals surface area contributed by atoms with Gasteiger partial charge in [-0.2, -0.15) is 4.48 Å². The maximum Gasteiger partial charge on any atom is 0.351 e. The van der Waals surface area contributed by atoms with Gasteiger partial charge in [-0.25, -0.2) is 9.59 Å². The summed E-state index contributed by atoms with van der Waals surface area (Å²) in [6.07, 6.45) is 2.70. The van der Waals surface area contributed by atoms with E-state index in [9.17, 15) is 9.59 Å². The Morgan fingerprint density at radius 3 is 2.13 bits per heavy atom. The summed E-state index contributed by atoms with van der Waals surface area (Å²) in [6, 6.07) is 15.6. The fraction of sp³-hybridized carbons (Fsp3) is 0.100. The van der Waals surface area contributed by atoms with E-state index in [-0.39, 0.29) is 16.3 Å². The highest BCUT2D eigenvalue weighted by Gasteiger charge is 2.45. The average Bonchev–Trinajstić information content (AvgIpc) is 2.83. The number of amides is 2. The van der Waals surface area contributed by atoms with Crippen molar-refractivity contribution in [1.82, 2.24) is 4.48 Å². The number of hydrogen-bond acceptors (Lipinski definition) is 2. The van der Waals surface area contributed by atoms with Crippen molar-refractivity contribution in [3.05, 3.63) is 72.8 Å². The predicted octanol–water partition coefficient (Wildman–Crippen LogP) is 3.95. The van der Waals surface area contributed by atoms with Crippen molar-refractivity contribution in [2.24, 2.45) is 0 Å². The fourth-order valence-corrected chi connectivity index (χ4v) is 2.82. The number of allylic oxidation sites excluding steroid dienone is 1. The van der Waals surface area contributed by atoms with Gasteiger partial charge in [-0.3, -0.25) is 0 Å². The molecule has 3 rings (SSSR count). The van der Waals surface area contributed by atoms with Gasteiger partial charge in [0.25, 0.3) is 0 Å². The Morgan fingerprint density at radius 2 is 1.57 bits per heavy atom. The minimum atomic E-state index is -0.370.